The number of hydrogen-bond donors (Lipinski definition) is 2. The molecule has 0 aliphatic rings. The molecule has 4 nitrogen and oxygen atoms in total. The number of carbonyl (C=O) groups excluding carboxylic acids is 1. The van der Waals surface area contributed by atoms with E-state index in [9.17, 15) is 4.79 Å². The van der Waals surface area contributed by atoms with Gasteiger partial charge in [0.2, 0.25) is 0 Å². The molecule has 0 radical (unpaired) electrons. The van der Waals surface area contributed by atoms with Gasteiger partial charge in [-0.05, 0) is 43.2 Å². The first-order valence-corrected chi connectivity index (χ1v) is 7.59. The molecule has 3 rings (SSSR count). The van der Waals surface area contributed by atoms with Gasteiger partial charge in [0.15, 0.2) is 0 Å². The number of rotatable bonds is 4. The van der Waals surface area contributed by atoms with Crippen molar-refractivity contribution < 1.29 is 9.53 Å². The van der Waals surface area contributed by atoms with Gasteiger partial charge in [-0.3, -0.25) is 4.79 Å². The second-order valence-electron chi connectivity index (χ2n) is 5.63. The van der Waals surface area contributed by atoms with E-state index in [1.807, 2.05) is 49.4 Å². The van der Waals surface area contributed by atoms with Crippen LogP contribution >= 0.6 is 0 Å². The van der Waals surface area contributed by atoms with Crippen molar-refractivity contribution in [3.63, 3.8) is 0 Å². The summed E-state index contributed by atoms with van der Waals surface area (Å²) < 4.78 is 5.13. The average Bonchev–Trinajstić information content (AvgIpc) is 2.88. The quantitative estimate of drug-likeness (QED) is 0.771. The van der Waals surface area contributed by atoms with Gasteiger partial charge in [-0.1, -0.05) is 24.3 Å². The first kappa shape index (κ1) is 15.2. The van der Waals surface area contributed by atoms with Crippen molar-refractivity contribution in [2.45, 2.75) is 20.4 Å². The van der Waals surface area contributed by atoms with Crippen molar-refractivity contribution in [2.24, 2.45) is 0 Å². The van der Waals surface area contributed by atoms with Gasteiger partial charge in [0.1, 0.15) is 5.75 Å². The van der Waals surface area contributed by atoms with E-state index in [0.717, 1.165) is 27.9 Å². The monoisotopic (exact) mass is 308 g/mol. The summed E-state index contributed by atoms with van der Waals surface area (Å²) >= 11 is 0. The fourth-order valence-corrected chi connectivity index (χ4v) is 2.69. The Hall–Kier alpha value is -2.75. The molecule has 1 aromatic heterocycles. The molecule has 1 amide bonds. The lowest BCUT2D eigenvalue weighted by molar-refractivity contribution is 0.0952. The number of nitrogens with one attached hydrogen (secondary N) is 2. The molecule has 0 saturated carbocycles. The molecule has 0 fully saturated rings. The van der Waals surface area contributed by atoms with Crippen LogP contribution in [0.25, 0.3) is 10.9 Å². The predicted molar refractivity (Wildman–Crippen MR) is 91.9 cm³/mol. The highest BCUT2D eigenvalue weighted by Crippen LogP contribution is 2.24. The molecule has 0 aliphatic carbocycles. The molecule has 1 heterocycles. The lowest BCUT2D eigenvalue weighted by Gasteiger charge is -2.07. The number of methoxy groups -OCH3 is 1. The Morgan fingerprint density at radius 2 is 1.87 bits per heavy atom. The number of fused-ring (bicyclic) bond motifs is 1. The van der Waals surface area contributed by atoms with Crippen LogP contribution < -0.4 is 10.1 Å². The first-order valence-electron chi connectivity index (χ1n) is 7.59. The van der Waals surface area contributed by atoms with Gasteiger partial charge in [0.05, 0.1) is 18.2 Å². The van der Waals surface area contributed by atoms with Crippen molar-refractivity contribution in [3.8, 4) is 5.75 Å². The summed E-state index contributed by atoms with van der Waals surface area (Å²) in [7, 11) is 1.64. The molecular formula is C19H20N2O2. The van der Waals surface area contributed by atoms with E-state index in [-0.39, 0.29) is 5.91 Å². The van der Waals surface area contributed by atoms with Gasteiger partial charge >= 0.3 is 0 Å². The minimum atomic E-state index is -0.0762. The van der Waals surface area contributed by atoms with Crippen LogP contribution in [0.5, 0.6) is 5.75 Å². The topological polar surface area (TPSA) is 54.1 Å². The van der Waals surface area contributed by atoms with Crippen LogP contribution in [0.3, 0.4) is 0 Å². The highest BCUT2D eigenvalue weighted by molar-refractivity contribution is 6.06. The predicted octanol–water partition coefficient (Wildman–Crippen LogP) is 3.72. The zero-order chi connectivity index (χ0) is 16.4. The SMILES string of the molecule is COc1ccc(CNC(=O)c2cccc3c(C)c(C)[nH]c23)cc1. The molecule has 2 N–H and O–H groups in total. The summed E-state index contributed by atoms with van der Waals surface area (Å²) in [5, 5.41) is 4.07. The van der Waals surface area contributed by atoms with Gasteiger partial charge in [0.25, 0.3) is 5.91 Å². The van der Waals surface area contributed by atoms with Gasteiger partial charge in [-0.15, -0.1) is 0 Å². The molecule has 0 atom stereocenters. The number of aromatic amines is 1. The van der Waals surface area contributed by atoms with E-state index in [0.29, 0.717) is 12.1 Å². The fourth-order valence-electron chi connectivity index (χ4n) is 2.69. The minimum Gasteiger partial charge on any atom is -0.497 e. The standard InChI is InChI=1S/C19H20N2O2/c1-12-13(2)21-18-16(12)5-4-6-17(18)19(22)20-11-14-7-9-15(23-3)10-8-14/h4-10,21H,11H2,1-3H3,(H,20,22). The number of hydrogen-bond acceptors (Lipinski definition) is 2. The Bertz CT molecular complexity index is 848. The average molecular weight is 308 g/mol. The number of para-hydroxylation sites is 1. The number of H-pyrrole nitrogens is 1. The van der Waals surface area contributed by atoms with Gasteiger partial charge in [0, 0.05) is 17.6 Å². The molecule has 4 heteroatoms. The van der Waals surface area contributed by atoms with Crippen molar-refractivity contribution in [1.82, 2.24) is 10.3 Å². The number of amides is 1. The smallest absolute Gasteiger partial charge is 0.253 e. The van der Waals surface area contributed by atoms with Gasteiger partial charge < -0.3 is 15.0 Å². The molecule has 118 valence electrons. The highest BCUT2D eigenvalue weighted by Gasteiger charge is 2.13. The van der Waals surface area contributed by atoms with Gasteiger partial charge in [-0.25, -0.2) is 0 Å². The first-order chi connectivity index (χ1) is 11.1. The number of aryl methyl sites for hydroxylation is 2. The van der Waals surface area contributed by atoms with E-state index in [1.165, 1.54) is 5.56 Å². The third kappa shape index (κ3) is 2.93. The lowest BCUT2D eigenvalue weighted by atomic mass is 10.1. The molecule has 0 bridgehead atoms. The maximum atomic E-state index is 12.5. The summed E-state index contributed by atoms with van der Waals surface area (Å²) in [6.45, 7) is 4.57. The summed E-state index contributed by atoms with van der Waals surface area (Å²) in [5.74, 6) is 0.731. The van der Waals surface area contributed by atoms with Crippen molar-refractivity contribution in [3.05, 3.63) is 64.8 Å². The van der Waals surface area contributed by atoms with Crippen LogP contribution in [-0.2, 0) is 6.54 Å². The van der Waals surface area contributed by atoms with E-state index in [1.54, 1.807) is 7.11 Å². The van der Waals surface area contributed by atoms with Crippen LogP contribution in [0.1, 0.15) is 27.2 Å². The summed E-state index contributed by atoms with van der Waals surface area (Å²) in [4.78, 5) is 15.8. The normalized spacial score (nSPS) is 10.7. The zero-order valence-corrected chi connectivity index (χ0v) is 13.6. The second-order valence-corrected chi connectivity index (χ2v) is 5.63. The van der Waals surface area contributed by atoms with Crippen LogP contribution in [0.2, 0.25) is 0 Å². The minimum absolute atomic E-state index is 0.0762. The van der Waals surface area contributed by atoms with Crippen molar-refractivity contribution >= 4 is 16.8 Å². The molecule has 23 heavy (non-hydrogen) atoms. The van der Waals surface area contributed by atoms with E-state index in [4.69, 9.17) is 4.74 Å². The molecule has 0 unspecified atom stereocenters. The second kappa shape index (κ2) is 6.16. The van der Waals surface area contributed by atoms with E-state index < -0.39 is 0 Å². The van der Waals surface area contributed by atoms with Crippen LogP contribution in [0.4, 0.5) is 0 Å². The third-order valence-electron chi connectivity index (χ3n) is 4.20. The van der Waals surface area contributed by atoms with Crippen LogP contribution in [0, 0.1) is 13.8 Å². The van der Waals surface area contributed by atoms with E-state index in [2.05, 4.69) is 17.2 Å². The Balaban J connectivity index is 1.79. The number of aromatic nitrogens is 1. The largest absolute Gasteiger partial charge is 0.497 e. The van der Waals surface area contributed by atoms with Crippen molar-refractivity contribution in [1.29, 1.82) is 0 Å². The molecule has 0 aliphatic heterocycles. The maximum Gasteiger partial charge on any atom is 0.253 e. The number of carbonyl (C=O) groups is 1. The molecular weight excluding hydrogens is 288 g/mol. The van der Waals surface area contributed by atoms with Crippen LogP contribution in [-0.4, -0.2) is 18.0 Å². The molecule has 3 aromatic rings. The maximum absolute atomic E-state index is 12.5. The lowest BCUT2D eigenvalue weighted by Crippen LogP contribution is -2.23. The van der Waals surface area contributed by atoms with Gasteiger partial charge in [-0.2, -0.15) is 0 Å². The Morgan fingerprint density at radius 1 is 1.13 bits per heavy atom. The van der Waals surface area contributed by atoms with Crippen LogP contribution in [0.15, 0.2) is 42.5 Å². The Morgan fingerprint density at radius 3 is 2.57 bits per heavy atom. The summed E-state index contributed by atoms with van der Waals surface area (Å²) in [6.07, 6.45) is 0. The molecule has 0 spiro atoms. The summed E-state index contributed by atoms with van der Waals surface area (Å²) in [5.41, 5.74) is 4.88. The Kier molecular flexibility index (Phi) is 4.06. The fraction of sp³-hybridized carbons (Fsp3) is 0.211. The Labute approximate surface area is 135 Å². The number of benzene rings is 2. The van der Waals surface area contributed by atoms with E-state index >= 15 is 0 Å². The molecule has 0 saturated heterocycles. The number of ether oxygens (including phenoxy) is 1. The molecule has 2 aromatic carbocycles. The van der Waals surface area contributed by atoms with Crippen molar-refractivity contribution in [2.75, 3.05) is 7.11 Å². The summed E-state index contributed by atoms with van der Waals surface area (Å²) in [6, 6.07) is 13.5. The zero-order valence-electron chi connectivity index (χ0n) is 13.6. The highest BCUT2D eigenvalue weighted by atomic mass is 16.5. The third-order valence-corrected chi connectivity index (χ3v) is 4.20.